The number of hydrogen-bond donors (Lipinski definition) is 2. The molecule has 3 fully saturated rings. The first-order valence-corrected chi connectivity index (χ1v) is 13.1. The van der Waals surface area contributed by atoms with Crippen LogP contribution in [0, 0.1) is 17.8 Å². The van der Waals surface area contributed by atoms with Crippen LogP contribution in [0.1, 0.15) is 65.2 Å². The van der Waals surface area contributed by atoms with Gasteiger partial charge in [-0.25, -0.2) is 13.1 Å². The fourth-order valence-electron chi connectivity index (χ4n) is 5.13. The molecule has 0 aromatic rings. The van der Waals surface area contributed by atoms with E-state index in [2.05, 4.69) is 18.6 Å². The zero-order valence-corrected chi connectivity index (χ0v) is 18.9. The van der Waals surface area contributed by atoms with E-state index in [0.717, 1.165) is 25.2 Å². The van der Waals surface area contributed by atoms with Crippen LogP contribution in [0.15, 0.2) is 0 Å². The van der Waals surface area contributed by atoms with Gasteiger partial charge in [0.2, 0.25) is 15.9 Å². The lowest BCUT2D eigenvalue weighted by atomic mass is 9.80. The molecule has 1 aliphatic heterocycles. The SMILES string of the molecule is CC(C)[C@H]1CC[C@@H](OC[C@H]2[C@@H](NS(C)(=O)=O)CCCN2C(=O)C2CC(O)C2)CC1. The van der Waals surface area contributed by atoms with Crippen molar-refractivity contribution in [2.45, 2.75) is 89.5 Å². The van der Waals surface area contributed by atoms with Crippen LogP contribution < -0.4 is 4.72 Å². The number of carbonyl (C=O) groups is 1. The van der Waals surface area contributed by atoms with Crippen LogP contribution in [0.3, 0.4) is 0 Å². The highest BCUT2D eigenvalue weighted by Gasteiger charge is 2.42. The lowest BCUT2D eigenvalue weighted by molar-refractivity contribution is -0.149. The summed E-state index contributed by atoms with van der Waals surface area (Å²) in [6.07, 6.45) is 7.85. The number of carbonyl (C=O) groups excluding carboxylic acids is 1. The van der Waals surface area contributed by atoms with Gasteiger partial charge in [-0.05, 0) is 63.2 Å². The molecule has 0 aromatic heterocycles. The first-order valence-electron chi connectivity index (χ1n) is 11.2. The van der Waals surface area contributed by atoms with Crippen molar-refractivity contribution in [1.29, 1.82) is 0 Å². The zero-order chi connectivity index (χ0) is 21.2. The van der Waals surface area contributed by atoms with E-state index in [-0.39, 0.29) is 36.1 Å². The van der Waals surface area contributed by atoms with Crippen molar-refractivity contribution in [3.8, 4) is 0 Å². The van der Waals surface area contributed by atoms with Gasteiger partial charge in [-0.2, -0.15) is 0 Å². The average molecular weight is 431 g/mol. The Bertz CT molecular complexity index is 654. The monoisotopic (exact) mass is 430 g/mol. The van der Waals surface area contributed by atoms with Gasteiger partial charge in [-0.15, -0.1) is 0 Å². The van der Waals surface area contributed by atoms with Crippen LogP contribution in [-0.4, -0.2) is 68.0 Å². The standard InChI is InChI=1S/C21H38N2O5S/c1-14(2)15-6-8-18(9-7-15)28-13-20-19(22-29(3,26)27)5-4-10-23(20)21(25)16-11-17(24)12-16/h14-20,22,24H,4-13H2,1-3H3/t15-,16?,17?,18+,19-,20-/m0/s1. The molecule has 7 nitrogen and oxygen atoms in total. The predicted molar refractivity (Wildman–Crippen MR) is 112 cm³/mol. The molecule has 0 spiro atoms. The number of hydrogen-bond acceptors (Lipinski definition) is 5. The number of nitrogens with zero attached hydrogens (tertiary/aromatic N) is 1. The van der Waals surface area contributed by atoms with Gasteiger partial charge in [-0.1, -0.05) is 13.8 Å². The normalized spacial score (nSPS) is 36.1. The summed E-state index contributed by atoms with van der Waals surface area (Å²) in [5, 5.41) is 9.58. The molecule has 0 bridgehead atoms. The van der Waals surface area contributed by atoms with Gasteiger partial charge in [-0.3, -0.25) is 4.79 Å². The lowest BCUT2D eigenvalue weighted by Gasteiger charge is -2.45. The summed E-state index contributed by atoms with van der Waals surface area (Å²) in [6, 6.07) is -0.605. The molecule has 1 amide bonds. The maximum absolute atomic E-state index is 13.0. The second-order valence-electron chi connectivity index (χ2n) is 9.67. The first-order chi connectivity index (χ1) is 13.6. The van der Waals surface area contributed by atoms with Crippen LogP contribution >= 0.6 is 0 Å². The third-order valence-corrected chi connectivity index (χ3v) is 7.79. The average Bonchev–Trinajstić information content (AvgIpc) is 2.63. The summed E-state index contributed by atoms with van der Waals surface area (Å²) >= 11 is 0. The molecule has 2 atom stereocenters. The van der Waals surface area contributed by atoms with Crippen molar-refractivity contribution in [3.63, 3.8) is 0 Å². The number of ether oxygens (including phenoxy) is 1. The number of likely N-dealkylation sites (tertiary alicyclic amines) is 1. The maximum Gasteiger partial charge on any atom is 0.226 e. The van der Waals surface area contributed by atoms with Crippen molar-refractivity contribution < 1.29 is 23.1 Å². The molecule has 8 heteroatoms. The molecule has 0 aromatic carbocycles. The van der Waals surface area contributed by atoms with E-state index < -0.39 is 10.0 Å². The van der Waals surface area contributed by atoms with E-state index in [1.165, 1.54) is 19.1 Å². The summed E-state index contributed by atoms with van der Waals surface area (Å²) in [4.78, 5) is 14.8. The number of sulfonamides is 1. The highest BCUT2D eigenvalue weighted by Crippen LogP contribution is 2.33. The molecule has 2 N–H and O–H groups in total. The molecule has 0 radical (unpaired) electrons. The molecule has 2 aliphatic carbocycles. The van der Waals surface area contributed by atoms with Crippen molar-refractivity contribution in [2.24, 2.45) is 17.8 Å². The first kappa shape index (κ1) is 23.0. The van der Waals surface area contributed by atoms with Gasteiger partial charge in [0.1, 0.15) is 0 Å². The Morgan fingerprint density at radius 1 is 1.17 bits per heavy atom. The summed E-state index contributed by atoms with van der Waals surface area (Å²) in [5.41, 5.74) is 0. The van der Waals surface area contributed by atoms with Crippen molar-refractivity contribution in [1.82, 2.24) is 9.62 Å². The molecule has 1 heterocycles. The molecule has 3 rings (SSSR count). The van der Waals surface area contributed by atoms with E-state index in [9.17, 15) is 18.3 Å². The summed E-state index contributed by atoms with van der Waals surface area (Å²) in [5.74, 6) is 1.34. The van der Waals surface area contributed by atoms with Gasteiger partial charge in [0.05, 0.1) is 31.1 Å². The maximum atomic E-state index is 13.0. The second kappa shape index (κ2) is 9.62. The molecular formula is C21H38N2O5S. The summed E-state index contributed by atoms with van der Waals surface area (Å²) < 4.78 is 32.8. The van der Waals surface area contributed by atoms with Gasteiger partial charge in [0.25, 0.3) is 0 Å². The largest absolute Gasteiger partial charge is 0.393 e. The smallest absolute Gasteiger partial charge is 0.226 e. The van der Waals surface area contributed by atoms with Gasteiger partial charge >= 0.3 is 0 Å². The number of nitrogens with one attached hydrogen (secondary N) is 1. The Morgan fingerprint density at radius 2 is 1.83 bits per heavy atom. The van der Waals surface area contributed by atoms with Crippen LogP contribution in [0.4, 0.5) is 0 Å². The van der Waals surface area contributed by atoms with Crippen molar-refractivity contribution in [2.75, 3.05) is 19.4 Å². The topological polar surface area (TPSA) is 95.9 Å². The number of aliphatic hydroxyl groups is 1. The predicted octanol–water partition coefficient (Wildman–Crippen LogP) is 1.90. The molecule has 1 saturated heterocycles. The quantitative estimate of drug-likeness (QED) is 0.643. The number of rotatable bonds is 7. The second-order valence-corrected chi connectivity index (χ2v) is 11.5. The summed E-state index contributed by atoms with van der Waals surface area (Å²) in [6.45, 7) is 5.54. The zero-order valence-electron chi connectivity index (χ0n) is 18.0. The highest BCUT2D eigenvalue weighted by atomic mass is 32.2. The Hall–Kier alpha value is -0.700. The highest BCUT2D eigenvalue weighted by molar-refractivity contribution is 7.88. The minimum atomic E-state index is -3.37. The molecule has 29 heavy (non-hydrogen) atoms. The van der Waals surface area contributed by atoms with E-state index in [0.29, 0.717) is 38.3 Å². The van der Waals surface area contributed by atoms with E-state index in [1.54, 1.807) is 0 Å². The molecule has 0 unspecified atom stereocenters. The Labute approximate surface area is 175 Å². The van der Waals surface area contributed by atoms with Crippen LogP contribution in [0.25, 0.3) is 0 Å². The third kappa shape index (κ3) is 6.15. The lowest BCUT2D eigenvalue weighted by Crippen LogP contribution is -2.61. The van der Waals surface area contributed by atoms with E-state index in [4.69, 9.17) is 4.74 Å². The van der Waals surface area contributed by atoms with Crippen LogP contribution in [-0.2, 0) is 19.6 Å². The van der Waals surface area contributed by atoms with Crippen molar-refractivity contribution >= 4 is 15.9 Å². The Balaban J connectivity index is 1.63. The summed E-state index contributed by atoms with van der Waals surface area (Å²) in [7, 11) is -3.37. The van der Waals surface area contributed by atoms with Gasteiger partial charge < -0.3 is 14.7 Å². The van der Waals surface area contributed by atoms with Gasteiger partial charge in [0, 0.05) is 18.5 Å². The number of amides is 1. The molecule has 2 saturated carbocycles. The number of aliphatic hydroxyl groups excluding tert-OH is 1. The van der Waals surface area contributed by atoms with E-state index in [1.807, 2.05) is 4.90 Å². The minimum absolute atomic E-state index is 0.0346. The van der Waals surface area contributed by atoms with Crippen LogP contribution in [0.2, 0.25) is 0 Å². The van der Waals surface area contributed by atoms with Gasteiger partial charge in [0.15, 0.2) is 0 Å². The molecular weight excluding hydrogens is 392 g/mol. The van der Waals surface area contributed by atoms with E-state index >= 15 is 0 Å². The molecule has 3 aliphatic rings. The fraction of sp³-hybridized carbons (Fsp3) is 0.952. The Morgan fingerprint density at radius 3 is 2.38 bits per heavy atom. The van der Waals surface area contributed by atoms with Crippen LogP contribution in [0.5, 0.6) is 0 Å². The third-order valence-electron chi connectivity index (χ3n) is 7.05. The molecule has 168 valence electrons. The fourth-order valence-corrected chi connectivity index (χ4v) is 5.95. The van der Waals surface area contributed by atoms with Crippen molar-refractivity contribution in [3.05, 3.63) is 0 Å². The minimum Gasteiger partial charge on any atom is -0.393 e. The number of piperidine rings is 1. The Kier molecular flexibility index (Phi) is 7.62.